The second kappa shape index (κ2) is 9.40. The van der Waals surface area contributed by atoms with Crippen molar-refractivity contribution in [3.05, 3.63) is 57.4 Å². The van der Waals surface area contributed by atoms with Crippen LogP contribution in [0, 0.1) is 11.8 Å². The molecule has 3 N–H and O–H groups in total. The average molecular weight is 523 g/mol. The summed E-state index contributed by atoms with van der Waals surface area (Å²) >= 11 is 6.59. The first-order valence-corrected chi connectivity index (χ1v) is 13.6. The van der Waals surface area contributed by atoms with E-state index in [2.05, 4.69) is 0 Å². The number of likely N-dealkylation sites (tertiary alicyclic amines) is 1. The Balaban J connectivity index is 1.39. The second-order valence-electron chi connectivity index (χ2n) is 11.0. The summed E-state index contributed by atoms with van der Waals surface area (Å²) in [4.78, 5) is 40.5. The SMILES string of the molecule is NC1CN(C(=O)C2CCc3c(C4=CCC(C(=O)O)CC4)nn(C(=O)c4c(Cl)cccc4C4CC4)c3C2)C1. The van der Waals surface area contributed by atoms with Crippen molar-refractivity contribution in [2.45, 2.75) is 63.3 Å². The fraction of sp³-hybridized carbons (Fsp3) is 0.500. The van der Waals surface area contributed by atoms with E-state index in [9.17, 15) is 19.5 Å². The van der Waals surface area contributed by atoms with Crippen molar-refractivity contribution in [1.29, 1.82) is 0 Å². The van der Waals surface area contributed by atoms with E-state index in [0.29, 0.717) is 68.1 Å². The molecule has 1 amide bonds. The molecule has 6 rings (SSSR count). The Morgan fingerprint density at radius 3 is 2.46 bits per heavy atom. The van der Waals surface area contributed by atoms with Crippen LogP contribution in [-0.4, -0.2) is 56.7 Å². The maximum absolute atomic E-state index is 14.1. The van der Waals surface area contributed by atoms with Gasteiger partial charge in [0, 0.05) is 37.0 Å². The highest BCUT2D eigenvalue weighted by Crippen LogP contribution is 2.44. The van der Waals surface area contributed by atoms with Gasteiger partial charge in [-0.15, -0.1) is 0 Å². The summed E-state index contributed by atoms with van der Waals surface area (Å²) in [7, 11) is 0. The normalized spacial score (nSPS) is 23.7. The Kier molecular flexibility index (Phi) is 6.19. The molecule has 2 fully saturated rings. The van der Waals surface area contributed by atoms with Crippen molar-refractivity contribution in [3.8, 4) is 0 Å². The number of carboxylic acids is 1. The monoisotopic (exact) mass is 522 g/mol. The summed E-state index contributed by atoms with van der Waals surface area (Å²) in [5, 5.41) is 14.7. The minimum atomic E-state index is -0.781. The molecule has 0 spiro atoms. The van der Waals surface area contributed by atoms with Gasteiger partial charge in [0.25, 0.3) is 5.91 Å². The molecular formula is C28H31ClN4O4. The van der Waals surface area contributed by atoms with Crippen molar-refractivity contribution in [2.24, 2.45) is 17.6 Å². The largest absolute Gasteiger partial charge is 0.481 e. The number of carbonyl (C=O) groups excluding carboxylic acids is 2. The van der Waals surface area contributed by atoms with Crippen LogP contribution in [0.15, 0.2) is 24.3 Å². The minimum Gasteiger partial charge on any atom is -0.481 e. The van der Waals surface area contributed by atoms with Gasteiger partial charge < -0.3 is 15.7 Å². The molecule has 37 heavy (non-hydrogen) atoms. The van der Waals surface area contributed by atoms with Crippen LogP contribution in [0.4, 0.5) is 0 Å². The van der Waals surface area contributed by atoms with E-state index >= 15 is 0 Å². The van der Waals surface area contributed by atoms with Gasteiger partial charge in [0.2, 0.25) is 5.91 Å². The molecule has 1 aliphatic heterocycles. The molecule has 194 valence electrons. The summed E-state index contributed by atoms with van der Waals surface area (Å²) in [6, 6.07) is 5.64. The van der Waals surface area contributed by atoms with Gasteiger partial charge in [-0.2, -0.15) is 9.78 Å². The van der Waals surface area contributed by atoms with Gasteiger partial charge in [-0.1, -0.05) is 29.8 Å². The van der Waals surface area contributed by atoms with Gasteiger partial charge in [0.15, 0.2) is 0 Å². The van der Waals surface area contributed by atoms with Crippen molar-refractivity contribution >= 4 is 35.0 Å². The average Bonchev–Trinajstić information content (AvgIpc) is 3.66. The van der Waals surface area contributed by atoms with E-state index in [1.54, 1.807) is 11.0 Å². The maximum Gasteiger partial charge on any atom is 0.306 e. The van der Waals surface area contributed by atoms with Gasteiger partial charge in [0.05, 0.1) is 27.9 Å². The smallest absolute Gasteiger partial charge is 0.306 e. The Hall–Kier alpha value is -2.97. The molecule has 3 aliphatic carbocycles. The standard InChI is InChI=1S/C28H31ClN4O4/c29-22-3-1-2-20(15-4-5-15)24(22)27(35)33-23-12-18(26(34)32-13-19(30)14-32)10-11-21(23)25(31-33)16-6-8-17(9-7-16)28(36)37/h1-3,6,15,17-19H,4-5,7-14,30H2,(H,36,37). The molecule has 4 aliphatic rings. The summed E-state index contributed by atoms with van der Waals surface area (Å²) in [5.74, 6) is -1.22. The fourth-order valence-corrected chi connectivity index (χ4v) is 6.34. The number of carbonyl (C=O) groups is 3. The van der Waals surface area contributed by atoms with E-state index in [4.69, 9.17) is 22.4 Å². The number of fused-ring (bicyclic) bond motifs is 1. The van der Waals surface area contributed by atoms with E-state index in [0.717, 1.165) is 40.9 Å². The van der Waals surface area contributed by atoms with E-state index < -0.39 is 11.9 Å². The van der Waals surface area contributed by atoms with Crippen LogP contribution in [0.3, 0.4) is 0 Å². The zero-order chi connectivity index (χ0) is 25.8. The van der Waals surface area contributed by atoms with Crippen molar-refractivity contribution in [1.82, 2.24) is 14.7 Å². The quantitative estimate of drug-likeness (QED) is 0.618. The first kappa shape index (κ1) is 24.4. The maximum atomic E-state index is 14.1. The van der Waals surface area contributed by atoms with Gasteiger partial charge >= 0.3 is 5.97 Å². The van der Waals surface area contributed by atoms with Crippen molar-refractivity contribution < 1.29 is 19.5 Å². The molecule has 8 nitrogen and oxygen atoms in total. The number of carboxylic acid groups (broad SMARTS) is 1. The number of nitrogens with two attached hydrogens (primary N) is 1. The lowest BCUT2D eigenvalue weighted by molar-refractivity contribution is -0.142. The van der Waals surface area contributed by atoms with E-state index in [1.807, 2.05) is 18.2 Å². The summed E-state index contributed by atoms with van der Waals surface area (Å²) in [6.45, 7) is 1.15. The van der Waals surface area contributed by atoms with Gasteiger partial charge in [0.1, 0.15) is 0 Å². The molecule has 1 aromatic carbocycles. The molecule has 2 unspecified atom stereocenters. The highest BCUT2D eigenvalue weighted by molar-refractivity contribution is 6.34. The van der Waals surface area contributed by atoms with Crippen LogP contribution in [0.25, 0.3) is 5.57 Å². The number of hydrogen-bond acceptors (Lipinski definition) is 5. The number of amides is 1. The van der Waals surface area contributed by atoms with Gasteiger partial charge in [-0.3, -0.25) is 14.4 Å². The lowest BCUT2D eigenvalue weighted by atomic mass is 9.82. The Bertz CT molecular complexity index is 1320. The van der Waals surface area contributed by atoms with E-state index in [-0.39, 0.29) is 23.8 Å². The molecule has 1 aromatic heterocycles. The lowest BCUT2D eigenvalue weighted by Crippen LogP contribution is -2.59. The van der Waals surface area contributed by atoms with Crippen LogP contribution >= 0.6 is 11.6 Å². The first-order valence-electron chi connectivity index (χ1n) is 13.2. The minimum absolute atomic E-state index is 0.0377. The first-order chi connectivity index (χ1) is 17.8. The molecule has 1 saturated carbocycles. The number of aliphatic carboxylic acids is 1. The number of aromatic nitrogens is 2. The van der Waals surface area contributed by atoms with Crippen LogP contribution in [-0.2, 0) is 22.4 Å². The molecule has 1 saturated heterocycles. The highest BCUT2D eigenvalue weighted by atomic mass is 35.5. The van der Waals surface area contributed by atoms with Crippen LogP contribution < -0.4 is 5.73 Å². The Labute approximate surface area is 220 Å². The number of allylic oxidation sites excluding steroid dienone is 2. The van der Waals surface area contributed by atoms with Gasteiger partial charge in [-0.05, 0) is 68.1 Å². The Morgan fingerprint density at radius 1 is 1.05 bits per heavy atom. The zero-order valence-corrected chi connectivity index (χ0v) is 21.4. The number of halogens is 1. The zero-order valence-electron chi connectivity index (χ0n) is 20.7. The third-order valence-corrected chi connectivity index (χ3v) is 8.69. The topological polar surface area (TPSA) is 119 Å². The third kappa shape index (κ3) is 4.40. The van der Waals surface area contributed by atoms with E-state index in [1.165, 1.54) is 4.68 Å². The number of hydrogen-bond donors (Lipinski definition) is 2. The highest BCUT2D eigenvalue weighted by Gasteiger charge is 2.39. The molecular weight excluding hydrogens is 492 g/mol. The molecule has 2 heterocycles. The number of rotatable bonds is 5. The van der Waals surface area contributed by atoms with Gasteiger partial charge in [-0.25, -0.2) is 0 Å². The fourth-order valence-electron chi connectivity index (χ4n) is 6.08. The second-order valence-corrected chi connectivity index (χ2v) is 11.4. The lowest BCUT2D eigenvalue weighted by Gasteiger charge is -2.39. The molecule has 2 aromatic rings. The molecule has 0 radical (unpaired) electrons. The number of nitrogens with zero attached hydrogens (tertiary/aromatic N) is 3. The summed E-state index contributed by atoms with van der Waals surface area (Å²) < 4.78 is 1.49. The van der Waals surface area contributed by atoms with Crippen LogP contribution in [0.1, 0.15) is 77.3 Å². The molecule has 9 heteroatoms. The van der Waals surface area contributed by atoms with Crippen LogP contribution in [0.5, 0.6) is 0 Å². The third-order valence-electron chi connectivity index (χ3n) is 8.38. The number of benzene rings is 1. The molecule has 2 atom stereocenters. The predicted molar refractivity (Wildman–Crippen MR) is 138 cm³/mol. The Morgan fingerprint density at radius 2 is 1.81 bits per heavy atom. The molecule has 0 bridgehead atoms. The summed E-state index contributed by atoms with van der Waals surface area (Å²) in [6.07, 6.45) is 7.40. The van der Waals surface area contributed by atoms with Crippen LogP contribution in [0.2, 0.25) is 5.02 Å². The van der Waals surface area contributed by atoms with Crippen molar-refractivity contribution in [3.63, 3.8) is 0 Å². The predicted octanol–water partition coefficient (Wildman–Crippen LogP) is 3.64. The van der Waals surface area contributed by atoms with Crippen molar-refractivity contribution in [2.75, 3.05) is 13.1 Å². The summed E-state index contributed by atoms with van der Waals surface area (Å²) in [5.41, 5.74) is 10.9.